The van der Waals surface area contributed by atoms with Gasteiger partial charge >= 0.3 is 0 Å². The summed E-state index contributed by atoms with van der Waals surface area (Å²) in [6, 6.07) is 4.70. The van der Waals surface area contributed by atoms with Crippen molar-refractivity contribution in [1.29, 1.82) is 0 Å². The average molecular weight is 406 g/mol. The average Bonchev–Trinajstić information content (AvgIpc) is 2.39. The molecule has 0 atom stereocenters. The number of halogens is 3. The number of sulfonamides is 1. The Kier molecular flexibility index (Phi) is 8.02. The van der Waals surface area contributed by atoms with Crippen LogP contribution in [0.3, 0.4) is 0 Å². The number of nitrogens with one attached hydrogen (secondary N) is 1. The summed E-state index contributed by atoms with van der Waals surface area (Å²) in [5.74, 6) is 0. The van der Waals surface area contributed by atoms with Crippen LogP contribution in [0.4, 0.5) is 0 Å². The minimum Gasteiger partial charge on any atom is -0.324 e. The predicted molar refractivity (Wildman–Crippen MR) is 89.1 cm³/mol. The summed E-state index contributed by atoms with van der Waals surface area (Å²) in [6.07, 6.45) is 1.39. The van der Waals surface area contributed by atoms with E-state index < -0.39 is 15.6 Å². The Morgan fingerprint density at radius 2 is 1.90 bits per heavy atom. The molecule has 0 aliphatic rings. The first-order chi connectivity index (χ1) is 8.74. The fourth-order valence-corrected chi connectivity index (χ4v) is 3.67. The maximum Gasteiger partial charge on any atom is 0.242 e. The zero-order valence-electron chi connectivity index (χ0n) is 11.3. The molecule has 3 N–H and O–H groups in total. The van der Waals surface area contributed by atoms with Gasteiger partial charge in [-0.05, 0) is 31.0 Å². The van der Waals surface area contributed by atoms with Gasteiger partial charge in [-0.25, -0.2) is 13.1 Å². The number of hydrogen-bond donors (Lipinski definition) is 2. The van der Waals surface area contributed by atoms with Gasteiger partial charge in [0, 0.05) is 16.6 Å². The van der Waals surface area contributed by atoms with Crippen molar-refractivity contribution in [3.63, 3.8) is 0 Å². The summed E-state index contributed by atoms with van der Waals surface area (Å²) in [4.78, 5) is 0.0538. The van der Waals surface area contributed by atoms with Crippen LogP contribution in [0, 0.1) is 0 Å². The zero-order valence-corrected chi connectivity index (χ0v) is 15.3. The van der Waals surface area contributed by atoms with Crippen molar-refractivity contribution in [2.24, 2.45) is 5.73 Å². The number of benzene rings is 1. The van der Waals surface area contributed by atoms with E-state index in [1.54, 1.807) is 6.07 Å². The van der Waals surface area contributed by atoms with E-state index in [2.05, 4.69) is 20.7 Å². The molecule has 0 bridgehead atoms. The molecular weight excluding hydrogens is 387 g/mol. The third-order valence-electron chi connectivity index (χ3n) is 3.21. The second-order valence-corrected chi connectivity index (χ2v) is 7.53. The van der Waals surface area contributed by atoms with E-state index in [0.29, 0.717) is 17.3 Å². The van der Waals surface area contributed by atoms with Crippen LogP contribution in [0.2, 0.25) is 5.02 Å². The van der Waals surface area contributed by atoms with Gasteiger partial charge in [0.1, 0.15) is 4.90 Å². The molecule has 20 heavy (non-hydrogen) atoms. The molecule has 0 amide bonds. The maximum atomic E-state index is 12.2. The third-order valence-corrected chi connectivity index (χ3v) is 5.58. The van der Waals surface area contributed by atoms with Crippen molar-refractivity contribution >= 4 is 50.0 Å². The number of rotatable bonds is 6. The van der Waals surface area contributed by atoms with Crippen molar-refractivity contribution in [3.8, 4) is 0 Å². The van der Waals surface area contributed by atoms with Crippen molar-refractivity contribution in [2.45, 2.75) is 37.1 Å². The Morgan fingerprint density at radius 3 is 2.40 bits per heavy atom. The van der Waals surface area contributed by atoms with Gasteiger partial charge in [0.05, 0.1) is 5.02 Å². The van der Waals surface area contributed by atoms with Crippen LogP contribution in [0.1, 0.15) is 26.7 Å². The maximum absolute atomic E-state index is 12.2. The van der Waals surface area contributed by atoms with E-state index in [9.17, 15) is 8.42 Å². The second kappa shape index (κ2) is 7.96. The van der Waals surface area contributed by atoms with Crippen LogP contribution in [0.25, 0.3) is 0 Å². The number of nitrogens with two attached hydrogens (primary N) is 1. The molecule has 0 aliphatic carbocycles. The molecule has 0 spiro atoms. The smallest absolute Gasteiger partial charge is 0.242 e. The summed E-state index contributed by atoms with van der Waals surface area (Å²) in [5, 5.41) is 0.186. The van der Waals surface area contributed by atoms with Crippen LogP contribution >= 0.6 is 39.9 Å². The molecule has 0 aliphatic heterocycles. The second-order valence-electron chi connectivity index (χ2n) is 4.47. The van der Waals surface area contributed by atoms with Gasteiger partial charge < -0.3 is 5.73 Å². The molecule has 0 aromatic heterocycles. The standard InChI is InChI=1S/C12H18BrClN2O2S.ClH/c1-3-12(15,4-2)8-16-19(17,18)11-7-9(13)5-6-10(11)14;/h5-7,16H,3-4,8,15H2,1-2H3;1H. The Labute approximate surface area is 140 Å². The van der Waals surface area contributed by atoms with E-state index >= 15 is 0 Å². The highest BCUT2D eigenvalue weighted by molar-refractivity contribution is 9.10. The van der Waals surface area contributed by atoms with Gasteiger partial charge in [0.15, 0.2) is 0 Å². The van der Waals surface area contributed by atoms with Crippen molar-refractivity contribution in [2.75, 3.05) is 6.54 Å². The SMILES string of the molecule is CCC(N)(CC)CNS(=O)(=O)c1cc(Br)ccc1Cl.Cl. The lowest BCUT2D eigenvalue weighted by atomic mass is 9.95. The highest BCUT2D eigenvalue weighted by Crippen LogP contribution is 2.25. The first-order valence-electron chi connectivity index (χ1n) is 5.97. The minimum atomic E-state index is -3.66. The molecule has 0 heterocycles. The van der Waals surface area contributed by atoms with Crippen molar-refractivity contribution in [1.82, 2.24) is 4.72 Å². The molecule has 1 rings (SSSR count). The molecule has 0 unspecified atom stereocenters. The Bertz CT molecular complexity index is 548. The van der Waals surface area contributed by atoms with Crippen LogP contribution in [0.5, 0.6) is 0 Å². The Balaban J connectivity index is 0.00000361. The van der Waals surface area contributed by atoms with E-state index in [-0.39, 0.29) is 28.9 Å². The fourth-order valence-electron chi connectivity index (χ4n) is 1.50. The lowest BCUT2D eigenvalue weighted by Crippen LogP contribution is -2.49. The normalized spacial score (nSPS) is 12.1. The van der Waals surface area contributed by atoms with Gasteiger partial charge in [-0.15, -0.1) is 12.4 Å². The molecule has 0 fully saturated rings. The van der Waals surface area contributed by atoms with Crippen LogP contribution in [-0.4, -0.2) is 20.5 Å². The fraction of sp³-hybridized carbons (Fsp3) is 0.500. The lowest BCUT2D eigenvalue weighted by molar-refractivity contribution is 0.392. The van der Waals surface area contributed by atoms with E-state index in [1.165, 1.54) is 12.1 Å². The highest BCUT2D eigenvalue weighted by Gasteiger charge is 2.25. The molecule has 1 aromatic rings. The predicted octanol–water partition coefficient (Wildman–Crippen LogP) is 3.32. The van der Waals surface area contributed by atoms with Crippen molar-refractivity contribution in [3.05, 3.63) is 27.7 Å². The summed E-state index contributed by atoms with van der Waals surface area (Å²) >= 11 is 9.16. The van der Waals surface area contributed by atoms with Crippen LogP contribution < -0.4 is 10.5 Å². The monoisotopic (exact) mass is 404 g/mol. The molecular formula is C12H19BrCl2N2O2S. The summed E-state index contributed by atoms with van der Waals surface area (Å²) in [5.41, 5.74) is 5.54. The van der Waals surface area contributed by atoms with Gasteiger partial charge in [0.25, 0.3) is 0 Å². The highest BCUT2D eigenvalue weighted by atomic mass is 79.9. The minimum absolute atomic E-state index is 0. The molecule has 0 radical (unpaired) electrons. The zero-order chi connectivity index (χ0) is 14.7. The largest absolute Gasteiger partial charge is 0.324 e. The molecule has 0 saturated heterocycles. The first-order valence-corrected chi connectivity index (χ1v) is 8.63. The summed E-state index contributed by atoms with van der Waals surface area (Å²) < 4.78 is 27.6. The van der Waals surface area contributed by atoms with E-state index in [0.717, 1.165) is 0 Å². The van der Waals surface area contributed by atoms with E-state index in [1.807, 2.05) is 13.8 Å². The molecule has 116 valence electrons. The first kappa shape index (κ1) is 20.1. The summed E-state index contributed by atoms with van der Waals surface area (Å²) in [6.45, 7) is 4.05. The Morgan fingerprint density at radius 1 is 1.35 bits per heavy atom. The van der Waals surface area contributed by atoms with Gasteiger partial charge in [0.2, 0.25) is 10.0 Å². The van der Waals surface area contributed by atoms with Crippen LogP contribution in [-0.2, 0) is 10.0 Å². The van der Waals surface area contributed by atoms with Gasteiger partial charge in [-0.3, -0.25) is 0 Å². The Hall–Kier alpha value is 0.150. The van der Waals surface area contributed by atoms with Gasteiger partial charge in [-0.1, -0.05) is 41.4 Å². The van der Waals surface area contributed by atoms with E-state index in [4.69, 9.17) is 17.3 Å². The lowest BCUT2D eigenvalue weighted by Gasteiger charge is -2.26. The summed E-state index contributed by atoms with van der Waals surface area (Å²) in [7, 11) is -3.66. The molecule has 0 saturated carbocycles. The number of hydrogen-bond acceptors (Lipinski definition) is 3. The van der Waals surface area contributed by atoms with Crippen LogP contribution in [0.15, 0.2) is 27.6 Å². The quantitative estimate of drug-likeness (QED) is 0.762. The van der Waals surface area contributed by atoms with Crippen molar-refractivity contribution < 1.29 is 8.42 Å². The molecule has 4 nitrogen and oxygen atoms in total. The molecule has 8 heteroatoms. The topological polar surface area (TPSA) is 72.2 Å². The van der Waals surface area contributed by atoms with Gasteiger partial charge in [-0.2, -0.15) is 0 Å². The third kappa shape index (κ3) is 5.16. The molecule has 1 aromatic carbocycles.